The fourth-order valence-electron chi connectivity index (χ4n) is 4.55. The number of furan rings is 1. The molecule has 1 fully saturated rings. The molecule has 1 amide bonds. The molecule has 0 bridgehead atoms. The van der Waals surface area contributed by atoms with E-state index in [0.29, 0.717) is 40.2 Å². The molecule has 39 heavy (non-hydrogen) atoms. The molecule has 0 saturated carbocycles. The molecule has 2 atom stereocenters. The fraction of sp³-hybridized carbons (Fsp3) is 0.179. The predicted octanol–water partition coefficient (Wildman–Crippen LogP) is 5.26. The number of anilines is 1. The number of nitrogens with one attached hydrogen (secondary N) is 2. The number of aromatic nitrogens is 1. The van der Waals surface area contributed by atoms with E-state index in [9.17, 15) is 14.9 Å². The van der Waals surface area contributed by atoms with E-state index >= 15 is 0 Å². The van der Waals surface area contributed by atoms with Gasteiger partial charge in [-0.15, -0.1) is 0 Å². The summed E-state index contributed by atoms with van der Waals surface area (Å²) in [5.41, 5.74) is 2.08. The van der Waals surface area contributed by atoms with E-state index in [4.69, 9.17) is 21.4 Å². The number of carbonyl (C=O) groups excluding carboxylic acids is 1. The first-order valence-electron chi connectivity index (χ1n) is 12.2. The second-order valence-electron chi connectivity index (χ2n) is 8.82. The van der Waals surface area contributed by atoms with Crippen molar-refractivity contribution >= 4 is 34.6 Å². The maximum Gasteiger partial charge on any atom is 0.269 e. The molecule has 0 spiro atoms. The molecular weight excluding hydrogens is 518 g/mol. The number of non-ortho nitro benzene ring substituents is 1. The molecule has 2 aromatic carbocycles. The van der Waals surface area contributed by atoms with Gasteiger partial charge >= 0.3 is 0 Å². The van der Waals surface area contributed by atoms with Crippen LogP contribution in [0.25, 0.3) is 11.3 Å². The lowest BCUT2D eigenvalue weighted by Crippen LogP contribution is -2.32. The Hall–Kier alpha value is -4.77. The first kappa shape index (κ1) is 25.9. The Kier molecular flexibility index (Phi) is 7.50. The number of para-hydroxylation sites is 2. The van der Waals surface area contributed by atoms with Crippen LogP contribution in [-0.4, -0.2) is 39.5 Å². The van der Waals surface area contributed by atoms with Crippen LogP contribution in [0.2, 0.25) is 0 Å². The van der Waals surface area contributed by atoms with Gasteiger partial charge in [0.15, 0.2) is 5.11 Å². The summed E-state index contributed by atoms with van der Waals surface area (Å²) >= 11 is 5.68. The molecule has 0 unspecified atom stereocenters. The van der Waals surface area contributed by atoms with E-state index in [1.807, 2.05) is 47.4 Å². The van der Waals surface area contributed by atoms with Gasteiger partial charge in [0, 0.05) is 36.9 Å². The monoisotopic (exact) mass is 543 g/mol. The highest BCUT2D eigenvalue weighted by Gasteiger charge is 2.41. The topological polar surface area (TPSA) is 123 Å². The second-order valence-corrected chi connectivity index (χ2v) is 9.21. The van der Waals surface area contributed by atoms with Crippen molar-refractivity contribution < 1.29 is 18.9 Å². The number of hydrogen-bond donors (Lipinski definition) is 2. The van der Waals surface area contributed by atoms with E-state index in [1.54, 1.807) is 37.6 Å². The SMILES string of the molecule is COc1ccccc1NC(=O)CCN1C(=S)N[C@H](c2ccccn2)[C@H]1c1ccc(-c2ccc([N+](=O)[O-])cc2)o1. The van der Waals surface area contributed by atoms with Crippen LogP contribution in [0.15, 0.2) is 89.5 Å². The van der Waals surface area contributed by atoms with Gasteiger partial charge in [0.1, 0.15) is 23.3 Å². The Morgan fingerprint density at radius 2 is 1.90 bits per heavy atom. The van der Waals surface area contributed by atoms with Gasteiger partial charge < -0.3 is 24.7 Å². The zero-order valence-electron chi connectivity index (χ0n) is 20.9. The Morgan fingerprint density at radius 1 is 1.13 bits per heavy atom. The van der Waals surface area contributed by atoms with Crippen LogP contribution < -0.4 is 15.4 Å². The highest BCUT2D eigenvalue weighted by Crippen LogP contribution is 2.40. The third kappa shape index (κ3) is 5.58. The van der Waals surface area contributed by atoms with E-state index < -0.39 is 4.92 Å². The third-order valence-electron chi connectivity index (χ3n) is 6.44. The van der Waals surface area contributed by atoms with Crippen molar-refractivity contribution in [3.8, 4) is 17.1 Å². The summed E-state index contributed by atoms with van der Waals surface area (Å²) in [4.78, 5) is 29.9. The summed E-state index contributed by atoms with van der Waals surface area (Å²) in [6.45, 7) is 0.328. The van der Waals surface area contributed by atoms with Crippen molar-refractivity contribution in [3.63, 3.8) is 0 Å². The number of thiocarbonyl (C=S) groups is 1. The summed E-state index contributed by atoms with van der Waals surface area (Å²) in [6, 6.07) is 22.0. The van der Waals surface area contributed by atoms with E-state index in [1.165, 1.54) is 12.1 Å². The summed E-state index contributed by atoms with van der Waals surface area (Å²) in [5.74, 6) is 1.57. The molecule has 1 aliphatic rings. The van der Waals surface area contributed by atoms with Crippen molar-refractivity contribution in [2.24, 2.45) is 0 Å². The first-order valence-corrected chi connectivity index (χ1v) is 12.6. The number of ether oxygens (including phenoxy) is 1. The summed E-state index contributed by atoms with van der Waals surface area (Å²) in [7, 11) is 1.55. The van der Waals surface area contributed by atoms with Crippen molar-refractivity contribution in [1.29, 1.82) is 0 Å². The van der Waals surface area contributed by atoms with Crippen LogP contribution in [0.4, 0.5) is 11.4 Å². The highest BCUT2D eigenvalue weighted by molar-refractivity contribution is 7.80. The quantitative estimate of drug-likeness (QED) is 0.165. The molecule has 2 N–H and O–H groups in total. The second kappa shape index (κ2) is 11.3. The molecule has 1 saturated heterocycles. The Balaban J connectivity index is 1.39. The molecule has 1 aliphatic heterocycles. The molecular formula is C28H25N5O5S. The zero-order chi connectivity index (χ0) is 27.4. The molecule has 11 heteroatoms. The minimum Gasteiger partial charge on any atom is -0.495 e. The largest absolute Gasteiger partial charge is 0.495 e. The average Bonchev–Trinajstić information content (AvgIpc) is 3.57. The van der Waals surface area contributed by atoms with Gasteiger partial charge in [0.25, 0.3) is 5.69 Å². The molecule has 5 rings (SSSR count). The summed E-state index contributed by atoms with van der Waals surface area (Å²) < 4.78 is 11.6. The Morgan fingerprint density at radius 3 is 2.62 bits per heavy atom. The van der Waals surface area contributed by atoms with Crippen LogP contribution in [-0.2, 0) is 4.79 Å². The minimum atomic E-state index is -0.443. The predicted molar refractivity (Wildman–Crippen MR) is 149 cm³/mol. The minimum absolute atomic E-state index is 0.00339. The van der Waals surface area contributed by atoms with Gasteiger partial charge in [-0.2, -0.15) is 0 Å². The lowest BCUT2D eigenvalue weighted by molar-refractivity contribution is -0.384. The summed E-state index contributed by atoms with van der Waals surface area (Å²) in [5, 5.41) is 17.7. The van der Waals surface area contributed by atoms with Gasteiger partial charge in [-0.25, -0.2) is 0 Å². The number of nitrogens with zero attached hydrogens (tertiary/aromatic N) is 3. The Labute approximate surface area is 229 Å². The Bertz CT molecular complexity index is 1490. The van der Waals surface area contributed by atoms with Crippen molar-refractivity contribution in [2.45, 2.75) is 18.5 Å². The standard InChI is InChI=1S/C28H25N5O5S/c1-37-23-8-3-2-6-20(23)30-25(34)15-17-32-27(26(31-28(32)39)21-7-4-5-16-29-21)24-14-13-22(38-24)18-9-11-19(12-10-18)33(35)36/h2-14,16,26-27H,15,17H2,1H3,(H,30,34)(H,31,39)/t26-,27-/m1/s1. The molecule has 198 valence electrons. The van der Waals surface area contributed by atoms with Crippen LogP contribution in [0.1, 0.15) is 30.0 Å². The molecule has 0 aliphatic carbocycles. The number of pyridine rings is 1. The van der Waals surface area contributed by atoms with E-state index in [0.717, 1.165) is 5.69 Å². The van der Waals surface area contributed by atoms with E-state index in [2.05, 4.69) is 15.6 Å². The number of rotatable bonds is 9. The molecule has 0 radical (unpaired) electrons. The first-order chi connectivity index (χ1) is 18.9. The van der Waals surface area contributed by atoms with Gasteiger partial charge in [-0.05, 0) is 60.7 Å². The number of amides is 1. The van der Waals surface area contributed by atoms with Gasteiger partial charge in [-0.3, -0.25) is 19.9 Å². The lowest BCUT2D eigenvalue weighted by atomic mass is 10.0. The molecule has 4 aromatic rings. The number of benzene rings is 2. The van der Waals surface area contributed by atoms with Crippen molar-refractivity contribution in [2.75, 3.05) is 19.0 Å². The van der Waals surface area contributed by atoms with Crippen molar-refractivity contribution in [3.05, 3.63) is 107 Å². The number of methoxy groups -OCH3 is 1. The van der Waals surface area contributed by atoms with Gasteiger partial charge in [-0.1, -0.05) is 18.2 Å². The number of carbonyl (C=O) groups is 1. The van der Waals surface area contributed by atoms with Crippen molar-refractivity contribution in [1.82, 2.24) is 15.2 Å². The smallest absolute Gasteiger partial charge is 0.269 e. The maximum absolute atomic E-state index is 12.9. The summed E-state index contributed by atoms with van der Waals surface area (Å²) in [6.07, 6.45) is 1.88. The molecule has 10 nitrogen and oxygen atoms in total. The maximum atomic E-state index is 12.9. The third-order valence-corrected chi connectivity index (χ3v) is 6.79. The van der Waals surface area contributed by atoms with Crippen LogP contribution >= 0.6 is 12.2 Å². The van der Waals surface area contributed by atoms with Crippen LogP contribution in [0, 0.1) is 10.1 Å². The molecule has 2 aromatic heterocycles. The number of nitro groups is 1. The van der Waals surface area contributed by atoms with Crippen LogP contribution in [0.3, 0.4) is 0 Å². The van der Waals surface area contributed by atoms with Crippen LogP contribution in [0.5, 0.6) is 5.75 Å². The number of hydrogen-bond acceptors (Lipinski definition) is 7. The average molecular weight is 544 g/mol. The fourth-order valence-corrected chi connectivity index (χ4v) is 4.88. The van der Waals surface area contributed by atoms with Gasteiger partial charge in [0.2, 0.25) is 5.91 Å². The zero-order valence-corrected chi connectivity index (χ0v) is 21.8. The highest BCUT2D eigenvalue weighted by atomic mass is 32.1. The van der Waals surface area contributed by atoms with E-state index in [-0.39, 0.29) is 30.1 Å². The van der Waals surface area contributed by atoms with Gasteiger partial charge in [0.05, 0.1) is 29.5 Å². The lowest BCUT2D eigenvalue weighted by Gasteiger charge is -2.26. The molecule has 3 heterocycles. The number of nitro benzene ring substituents is 1. The normalized spacial score (nSPS) is 16.5.